The third-order valence-corrected chi connectivity index (χ3v) is 2.69. The number of nitrogens with one attached hydrogen (secondary N) is 1. The predicted octanol–water partition coefficient (Wildman–Crippen LogP) is 0.343. The van der Waals surface area contributed by atoms with Crippen LogP contribution in [0.2, 0.25) is 0 Å². The summed E-state index contributed by atoms with van der Waals surface area (Å²) < 4.78 is 1.31. The molecule has 0 saturated heterocycles. The van der Waals surface area contributed by atoms with E-state index in [1.807, 2.05) is 0 Å². The molecule has 0 saturated carbocycles. The molecule has 0 aliphatic rings. The molecular formula is C12H13N3O4. The van der Waals surface area contributed by atoms with E-state index in [4.69, 9.17) is 5.11 Å². The molecule has 7 nitrogen and oxygen atoms in total. The Bertz CT molecular complexity index is 627. The van der Waals surface area contributed by atoms with Crippen LogP contribution in [0.3, 0.4) is 0 Å². The quantitative estimate of drug-likeness (QED) is 0.721. The molecule has 19 heavy (non-hydrogen) atoms. The number of carboxylic acid groups (broad SMARTS) is 1. The lowest BCUT2D eigenvalue weighted by molar-refractivity contribution is -0.137. The van der Waals surface area contributed by atoms with Crippen molar-refractivity contribution in [3.05, 3.63) is 46.1 Å². The van der Waals surface area contributed by atoms with Crippen LogP contribution in [0.15, 0.2) is 29.1 Å². The molecule has 0 atom stereocenters. The zero-order valence-electron chi connectivity index (χ0n) is 10.0. The van der Waals surface area contributed by atoms with Gasteiger partial charge in [0.25, 0.3) is 0 Å². The number of phenolic OH excluding ortho intramolecular Hbond substituents is 1. The summed E-state index contributed by atoms with van der Waals surface area (Å²) in [6.07, 6.45) is 0.251. The van der Waals surface area contributed by atoms with Gasteiger partial charge in [0, 0.05) is 13.0 Å². The van der Waals surface area contributed by atoms with E-state index in [-0.39, 0.29) is 18.7 Å². The number of carbonyl (C=O) groups is 1. The molecular weight excluding hydrogens is 250 g/mol. The Balaban J connectivity index is 2.18. The molecule has 0 radical (unpaired) electrons. The van der Waals surface area contributed by atoms with Crippen molar-refractivity contribution in [3.63, 3.8) is 0 Å². The Kier molecular flexibility index (Phi) is 3.65. The first kappa shape index (κ1) is 12.9. The second kappa shape index (κ2) is 5.38. The number of H-pyrrole nitrogens is 1. The van der Waals surface area contributed by atoms with Gasteiger partial charge in [-0.25, -0.2) is 9.89 Å². The molecule has 2 aromatic rings. The lowest BCUT2D eigenvalue weighted by Gasteiger charge is -2.04. The van der Waals surface area contributed by atoms with E-state index in [1.54, 1.807) is 24.3 Å². The highest BCUT2D eigenvalue weighted by Crippen LogP contribution is 2.12. The maximum Gasteiger partial charge on any atom is 0.343 e. The highest BCUT2D eigenvalue weighted by atomic mass is 16.4. The molecule has 2 rings (SSSR count). The zero-order valence-corrected chi connectivity index (χ0v) is 10.0. The van der Waals surface area contributed by atoms with Crippen molar-refractivity contribution in [3.8, 4) is 5.75 Å². The van der Waals surface area contributed by atoms with Crippen molar-refractivity contribution >= 4 is 5.97 Å². The minimum atomic E-state index is -0.969. The molecule has 1 aromatic carbocycles. The standard InChI is InChI=1S/C12H13N3O4/c16-9-3-1-8(2-4-9)7-10-13-14-12(19)15(10)6-5-11(17)18/h1-4,16H,5-7H2,(H,14,19)(H,17,18). The van der Waals surface area contributed by atoms with Gasteiger partial charge in [0.1, 0.15) is 11.6 Å². The maximum atomic E-state index is 11.5. The van der Waals surface area contributed by atoms with Gasteiger partial charge in [-0.2, -0.15) is 5.10 Å². The summed E-state index contributed by atoms with van der Waals surface area (Å²) in [5, 5.41) is 24.0. The van der Waals surface area contributed by atoms with Gasteiger partial charge >= 0.3 is 11.7 Å². The van der Waals surface area contributed by atoms with Crippen LogP contribution in [0, 0.1) is 0 Å². The van der Waals surface area contributed by atoms with E-state index >= 15 is 0 Å². The van der Waals surface area contributed by atoms with Crippen LogP contribution in [0.25, 0.3) is 0 Å². The van der Waals surface area contributed by atoms with Gasteiger partial charge in [0.2, 0.25) is 0 Å². The number of benzene rings is 1. The summed E-state index contributed by atoms with van der Waals surface area (Å²) in [7, 11) is 0. The summed E-state index contributed by atoms with van der Waals surface area (Å²) >= 11 is 0. The molecule has 0 aliphatic heterocycles. The van der Waals surface area contributed by atoms with Gasteiger partial charge in [-0.15, -0.1) is 0 Å². The summed E-state index contributed by atoms with van der Waals surface area (Å²) in [4.78, 5) is 22.0. The average molecular weight is 263 g/mol. The summed E-state index contributed by atoms with van der Waals surface area (Å²) in [5.74, 6) is -0.338. The Morgan fingerprint density at radius 1 is 1.32 bits per heavy atom. The van der Waals surface area contributed by atoms with Crippen molar-refractivity contribution in [2.45, 2.75) is 19.4 Å². The Hall–Kier alpha value is -2.57. The molecule has 7 heteroatoms. The molecule has 0 fully saturated rings. The monoisotopic (exact) mass is 263 g/mol. The van der Waals surface area contributed by atoms with E-state index in [9.17, 15) is 14.7 Å². The molecule has 0 unspecified atom stereocenters. The Morgan fingerprint density at radius 3 is 2.63 bits per heavy atom. The smallest absolute Gasteiger partial charge is 0.343 e. The highest BCUT2D eigenvalue weighted by Gasteiger charge is 2.10. The van der Waals surface area contributed by atoms with Gasteiger partial charge in [0.05, 0.1) is 6.42 Å². The number of nitrogens with zero attached hydrogens (tertiary/aromatic N) is 2. The molecule has 1 heterocycles. The Labute approximate surface area is 108 Å². The highest BCUT2D eigenvalue weighted by molar-refractivity contribution is 5.66. The lowest BCUT2D eigenvalue weighted by Crippen LogP contribution is -2.20. The van der Waals surface area contributed by atoms with Gasteiger partial charge < -0.3 is 10.2 Å². The van der Waals surface area contributed by atoms with Crippen LogP contribution in [0.1, 0.15) is 17.8 Å². The zero-order chi connectivity index (χ0) is 13.8. The van der Waals surface area contributed by atoms with Crippen molar-refractivity contribution in [1.82, 2.24) is 14.8 Å². The minimum absolute atomic E-state index is 0.0814. The number of aromatic hydroxyl groups is 1. The summed E-state index contributed by atoms with van der Waals surface area (Å²) in [6.45, 7) is 0.0814. The first-order valence-corrected chi connectivity index (χ1v) is 5.70. The van der Waals surface area contributed by atoms with Gasteiger partial charge in [-0.3, -0.25) is 9.36 Å². The van der Waals surface area contributed by atoms with E-state index in [0.29, 0.717) is 12.2 Å². The molecule has 0 bridgehead atoms. The molecule has 0 aliphatic carbocycles. The molecule has 0 amide bonds. The fourth-order valence-corrected chi connectivity index (χ4v) is 1.72. The third kappa shape index (κ3) is 3.21. The minimum Gasteiger partial charge on any atom is -0.508 e. The van der Waals surface area contributed by atoms with E-state index < -0.39 is 11.7 Å². The topological polar surface area (TPSA) is 108 Å². The SMILES string of the molecule is O=C(O)CCn1c(Cc2ccc(O)cc2)n[nH]c1=O. The first-order valence-electron chi connectivity index (χ1n) is 5.70. The largest absolute Gasteiger partial charge is 0.508 e. The molecule has 1 aromatic heterocycles. The van der Waals surface area contributed by atoms with Crippen LogP contribution in [-0.2, 0) is 17.8 Å². The van der Waals surface area contributed by atoms with Gasteiger partial charge in [-0.05, 0) is 17.7 Å². The molecule has 0 spiro atoms. The molecule has 100 valence electrons. The summed E-state index contributed by atoms with van der Waals surface area (Å²) in [6, 6.07) is 6.52. The van der Waals surface area contributed by atoms with E-state index in [2.05, 4.69) is 10.2 Å². The van der Waals surface area contributed by atoms with Gasteiger partial charge in [0.15, 0.2) is 0 Å². The maximum absolute atomic E-state index is 11.5. The van der Waals surface area contributed by atoms with E-state index in [0.717, 1.165) is 5.56 Å². The second-order valence-corrected chi connectivity index (χ2v) is 4.08. The van der Waals surface area contributed by atoms with Crippen LogP contribution in [0.5, 0.6) is 5.75 Å². The lowest BCUT2D eigenvalue weighted by atomic mass is 10.1. The molecule has 3 N–H and O–H groups in total. The van der Waals surface area contributed by atoms with E-state index in [1.165, 1.54) is 4.57 Å². The number of hydrogen-bond acceptors (Lipinski definition) is 4. The van der Waals surface area contributed by atoms with Crippen LogP contribution >= 0.6 is 0 Å². The van der Waals surface area contributed by atoms with Gasteiger partial charge in [-0.1, -0.05) is 12.1 Å². The third-order valence-electron chi connectivity index (χ3n) is 2.69. The van der Waals surface area contributed by atoms with Crippen molar-refractivity contribution < 1.29 is 15.0 Å². The normalized spacial score (nSPS) is 10.5. The van der Waals surface area contributed by atoms with Crippen molar-refractivity contribution in [2.75, 3.05) is 0 Å². The van der Waals surface area contributed by atoms with Crippen LogP contribution < -0.4 is 5.69 Å². The van der Waals surface area contributed by atoms with Crippen molar-refractivity contribution in [1.29, 1.82) is 0 Å². The number of hydrogen-bond donors (Lipinski definition) is 3. The first-order chi connectivity index (χ1) is 9.06. The average Bonchev–Trinajstić information content (AvgIpc) is 2.70. The number of aromatic nitrogens is 3. The Morgan fingerprint density at radius 2 is 2.00 bits per heavy atom. The number of phenols is 1. The predicted molar refractivity (Wildman–Crippen MR) is 66.0 cm³/mol. The fraction of sp³-hybridized carbons (Fsp3) is 0.250. The second-order valence-electron chi connectivity index (χ2n) is 4.08. The summed E-state index contributed by atoms with van der Waals surface area (Å²) in [5.41, 5.74) is 0.448. The van der Waals surface area contributed by atoms with Crippen LogP contribution in [-0.4, -0.2) is 30.9 Å². The number of rotatable bonds is 5. The fourth-order valence-electron chi connectivity index (χ4n) is 1.72. The number of aliphatic carboxylic acids is 1. The van der Waals surface area contributed by atoms with Crippen LogP contribution in [0.4, 0.5) is 0 Å². The number of aromatic amines is 1. The number of carboxylic acids is 1. The van der Waals surface area contributed by atoms with Crippen molar-refractivity contribution in [2.24, 2.45) is 0 Å².